The molecule has 22 heavy (non-hydrogen) atoms. The van der Waals surface area contributed by atoms with Crippen molar-refractivity contribution < 1.29 is 14.3 Å². The summed E-state index contributed by atoms with van der Waals surface area (Å²) in [4.78, 5) is 16.3. The van der Waals surface area contributed by atoms with Gasteiger partial charge in [0.15, 0.2) is 0 Å². The lowest BCUT2D eigenvalue weighted by Gasteiger charge is -2.11. The van der Waals surface area contributed by atoms with Crippen LogP contribution < -0.4 is 10.6 Å². The molecule has 0 aliphatic rings. The molecular weight excluding hydrogens is 285 g/mol. The minimum atomic E-state index is -0.473. The van der Waals surface area contributed by atoms with Crippen LogP contribution in [0.2, 0.25) is 0 Å². The molecule has 5 nitrogen and oxygen atoms in total. The Morgan fingerprint density at radius 2 is 2.18 bits per heavy atom. The minimum Gasteiger partial charge on any atom is -0.393 e. The molecule has 6 heteroatoms. The molecule has 1 unspecified atom stereocenters. The van der Waals surface area contributed by atoms with Crippen LogP contribution in [0.3, 0.4) is 0 Å². The number of halogens is 1. The van der Waals surface area contributed by atoms with E-state index in [0.717, 1.165) is 0 Å². The Kier molecular flexibility index (Phi) is 5.43. The number of carbonyl (C=O) groups is 1. The van der Waals surface area contributed by atoms with E-state index < -0.39 is 6.10 Å². The third-order valence-corrected chi connectivity index (χ3v) is 2.99. The van der Waals surface area contributed by atoms with E-state index in [2.05, 4.69) is 15.6 Å². The van der Waals surface area contributed by atoms with Gasteiger partial charge in [-0.25, -0.2) is 9.37 Å². The molecule has 0 radical (unpaired) electrons. The van der Waals surface area contributed by atoms with Crippen molar-refractivity contribution >= 4 is 17.4 Å². The Morgan fingerprint density at radius 3 is 2.91 bits per heavy atom. The average Bonchev–Trinajstić information content (AvgIpc) is 2.47. The summed E-state index contributed by atoms with van der Waals surface area (Å²) in [7, 11) is 0. The summed E-state index contributed by atoms with van der Waals surface area (Å²) < 4.78 is 13.2. The lowest BCUT2D eigenvalue weighted by atomic mass is 10.2. The van der Waals surface area contributed by atoms with Crippen molar-refractivity contribution in [2.45, 2.75) is 19.4 Å². The van der Waals surface area contributed by atoms with E-state index in [0.29, 0.717) is 30.0 Å². The van der Waals surface area contributed by atoms with Crippen molar-refractivity contribution in [3.8, 4) is 0 Å². The van der Waals surface area contributed by atoms with Crippen LogP contribution in [-0.4, -0.2) is 28.6 Å². The maximum absolute atomic E-state index is 13.2. The van der Waals surface area contributed by atoms with Crippen LogP contribution >= 0.6 is 0 Å². The van der Waals surface area contributed by atoms with Gasteiger partial charge in [0.1, 0.15) is 11.6 Å². The van der Waals surface area contributed by atoms with Gasteiger partial charge in [0, 0.05) is 18.4 Å². The minimum absolute atomic E-state index is 0.298. The summed E-state index contributed by atoms with van der Waals surface area (Å²) >= 11 is 0. The molecule has 2 rings (SSSR count). The molecule has 0 spiro atoms. The van der Waals surface area contributed by atoms with Crippen LogP contribution in [0, 0.1) is 5.82 Å². The number of pyridine rings is 1. The number of anilines is 2. The number of nitrogens with one attached hydrogen (secondary N) is 2. The molecule has 1 heterocycles. The first-order valence-corrected chi connectivity index (χ1v) is 7.00. The summed E-state index contributed by atoms with van der Waals surface area (Å²) in [6.07, 6.45) is 1.55. The molecule has 1 aromatic heterocycles. The Hall–Kier alpha value is -2.47. The quantitative estimate of drug-likeness (QED) is 0.766. The number of nitrogens with zero attached hydrogens (tertiary/aromatic N) is 1. The molecule has 0 saturated carbocycles. The second-order valence-electron chi connectivity index (χ2n) is 4.93. The van der Waals surface area contributed by atoms with Crippen molar-refractivity contribution in [3.05, 3.63) is 54.0 Å². The molecule has 0 aliphatic carbocycles. The summed E-state index contributed by atoms with van der Waals surface area (Å²) in [6.45, 7) is 2.03. The molecule has 2 aromatic rings. The molecule has 1 atom stereocenters. The number of hydrogen-bond acceptors (Lipinski definition) is 4. The fourth-order valence-electron chi connectivity index (χ4n) is 1.88. The van der Waals surface area contributed by atoms with E-state index in [1.165, 1.54) is 12.1 Å². The molecule has 1 amide bonds. The highest BCUT2D eigenvalue weighted by molar-refractivity contribution is 5.99. The zero-order valence-corrected chi connectivity index (χ0v) is 12.2. The van der Waals surface area contributed by atoms with Crippen molar-refractivity contribution in [1.82, 2.24) is 10.3 Å². The highest BCUT2D eigenvalue weighted by Gasteiger charge is 2.12. The Bertz CT molecular complexity index is 647. The van der Waals surface area contributed by atoms with Gasteiger partial charge in [0.05, 0.1) is 11.7 Å². The summed E-state index contributed by atoms with van der Waals surface area (Å²) in [6, 6.07) is 9.21. The van der Waals surface area contributed by atoms with Gasteiger partial charge in [0.2, 0.25) is 0 Å². The number of amides is 1. The maximum Gasteiger partial charge on any atom is 0.255 e. The molecule has 0 bridgehead atoms. The smallest absolute Gasteiger partial charge is 0.255 e. The molecule has 3 N–H and O–H groups in total. The predicted molar refractivity (Wildman–Crippen MR) is 82.6 cm³/mol. The van der Waals surface area contributed by atoms with Crippen molar-refractivity contribution in [2.24, 2.45) is 0 Å². The molecule has 0 aliphatic heterocycles. The lowest BCUT2D eigenvalue weighted by molar-refractivity contribution is 0.0946. The largest absolute Gasteiger partial charge is 0.393 e. The number of hydrogen-bond donors (Lipinski definition) is 3. The van der Waals surface area contributed by atoms with Crippen LogP contribution in [0.5, 0.6) is 0 Å². The van der Waals surface area contributed by atoms with Gasteiger partial charge < -0.3 is 15.7 Å². The van der Waals surface area contributed by atoms with E-state index in [1.54, 1.807) is 37.4 Å². The van der Waals surface area contributed by atoms with Crippen LogP contribution in [0.1, 0.15) is 23.7 Å². The summed E-state index contributed by atoms with van der Waals surface area (Å²) in [5.74, 6) is -0.320. The standard InChI is InChI=1S/C16H18FN3O2/c1-11(21)7-9-19-16(22)14-6-3-8-18-15(14)20-13-5-2-4-12(17)10-13/h2-6,8,10-11,21H,7,9H2,1H3,(H,18,20)(H,19,22). The zero-order chi connectivity index (χ0) is 15.9. The van der Waals surface area contributed by atoms with Crippen LogP contribution in [0.4, 0.5) is 15.9 Å². The first-order valence-electron chi connectivity index (χ1n) is 7.00. The molecular formula is C16H18FN3O2. The average molecular weight is 303 g/mol. The molecule has 1 aromatic carbocycles. The van der Waals surface area contributed by atoms with Crippen molar-refractivity contribution in [2.75, 3.05) is 11.9 Å². The molecule has 116 valence electrons. The second kappa shape index (κ2) is 7.51. The van der Waals surface area contributed by atoms with E-state index in [1.807, 2.05) is 0 Å². The number of benzene rings is 1. The van der Waals surface area contributed by atoms with Crippen LogP contribution in [0.25, 0.3) is 0 Å². The van der Waals surface area contributed by atoms with Crippen molar-refractivity contribution in [1.29, 1.82) is 0 Å². The van der Waals surface area contributed by atoms with Gasteiger partial charge in [-0.2, -0.15) is 0 Å². The summed E-state index contributed by atoms with van der Waals surface area (Å²) in [5.41, 5.74) is 0.870. The highest BCUT2D eigenvalue weighted by Crippen LogP contribution is 2.19. The third-order valence-electron chi connectivity index (χ3n) is 2.99. The fourth-order valence-corrected chi connectivity index (χ4v) is 1.88. The first-order chi connectivity index (χ1) is 10.6. The highest BCUT2D eigenvalue weighted by atomic mass is 19.1. The Labute approximate surface area is 128 Å². The van der Waals surface area contributed by atoms with Gasteiger partial charge in [-0.15, -0.1) is 0 Å². The van der Waals surface area contributed by atoms with Crippen LogP contribution in [-0.2, 0) is 0 Å². The maximum atomic E-state index is 13.2. The van der Waals surface area contributed by atoms with Crippen molar-refractivity contribution in [3.63, 3.8) is 0 Å². The van der Waals surface area contributed by atoms with Gasteiger partial charge in [-0.3, -0.25) is 4.79 Å². The Balaban J connectivity index is 2.11. The van der Waals surface area contributed by atoms with E-state index >= 15 is 0 Å². The third kappa shape index (κ3) is 4.53. The van der Waals surface area contributed by atoms with Crippen LogP contribution in [0.15, 0.2) is 42.6 Å². The fraction of sp³-hybridized carbons (Fsp3) is 0.250. The van der Waals surface area contributed by atoms with Gasteiger partial charge in [-0.05, 0) is 43.7 Å². The van der Waals surface area contributed by atoms with E-state index in [9.17, 15) is 14.3 Å². The van der Waals surface area contributed by atoms with Gasteiger partial charge in [-0.1, -0.05) is 6.07 Å². The topological polar surface area (TPSA) is 74.2 Å². The van der Waals surface area contributed by atoms with Gasteiger partial charge in [0.25, 0.3) is 5.91 Å². The number of aliphatic hydroxyl groups is 1. The van der Waals surface area contributed by atoms with E-state index in [-0.39, 0.29) is 11.7 Å². The lowest BCUT2D eigenvalue weighted by Crippen LogP contribution is -2.27. The predicted octanol–water partition coefficient (Wildman–Crippen LogP) is 2.47. The Morgan fingerprint density at radius 1 is 1.36 bits per heavy atom. The normalized spacial score (nSPS) is 11.8. The second-order valence-corrected chi connectivity index (χ2v) is 4.93. The monoisotopic (exact) mass is 303 g/mol. The number of aromatic nitrogens is 1. The molecule has 0 fully saturated rings. The number of aliphatic hydroxyl groups excluding tert-OH is 1. The van der Waals surface area contributed by atoms with E-state index in [4.69, 9.17) is 0 Å². The zero-order valence-electron chi connectivity index (χ0n) is 12.2. The summed E-state index contributed by atoms with van der Waals surface area (Å²) in [5, 5.41) is 14.8. The molecule has 0 saturated heterocycles. The number of rotatable bonds is 6. The van der Waals surface area contributed by atoms with Gasteiger partial charge >= 0.3 is 0 Å². The SMILES string of the molecule is CC(O)CCNC(=O)c1cccnc1Nc1cccc(F)c1. The number of carbonyl (C=O) groups excluding carboxylic acids is 1. The first kappa shape index (κ1) is 15.9.